The van der Waals surface area contributed by atoms with Crippen LogP contribution in [0, 0.1) is 100 Å². The quantitative estimate of drug-likeness (QED) is 0.120. The van der Waals surface area contributed by atoms with E-state index in [0.717, 1.165) is 41.5 Å². The molecule has 0 amide bonds. The average molecular weight is 1070 g/mol. The van der Waals surface area contributed by atoms with Gasteiger partial charge in [0.1, 0.15) is 5.70 Å². The van der Waals surface area contributed by atoms with Gasteiger partial charge in [0.15, 0.2) is 0 Å². The van der Waals surface area contributed by atoms with Crippen molar-refractivity contribution in [1.29, 1.82) is 0 Å². The summed E-state index contributed by atoms with van der Waals surface area (Å²) < 4.78 is 38.5. The van der Waals surface area contributed by atoms with Crippen LogP contribution in [0.2, 0.25) is 0 Å². The minimum absolute atomic E-state index is 0. The number of hydrogen-bond donors (Lipinski definition) is 0. The van der Waals surface area contributed by atoms with E-state index in [2.05, 4.69) is 54.5 Å². The van der Waals surface area contributed by atoms with Gasteiger partial charge < -0.3 is 16.9 Å². The van der Waals surface area contributed by atoms with Gasteiger partial charge in [-0.25, -0.2) is 17.1 Å². The third-order valence-corrected chi connectivity index (χ3v) is 6.01. The summed E-state index contributed by atoms with van der Waals surface area (Å²) in [6, 6.07) is 7.07. The van der Waals surface area contributed by atoms with Gasteiger partial charge in [-0.3, -0.25) is 6.08 Å². The Hall–Kier alpha value is -1.31. The molecule has 0 N–H and O–H groups in total. The van der Waals surface area contributed by atoms with Gasteiger partial charge in [0, 0.05) is 11.9 Å². The second-order valence-electron chi connectivity index (χ2n) is 9.02. The third kappa shape index (κ3) is 20.5. The second kappa shape index (κ2) is 30.1. The Balaban J connectivity index is -0.000000323. The van der Waals surface area contributed by atoms with Crippen LogP contribution in [0.3, 0.4) is 0 Å². The Morgan fingerprint density at radius 3 is 1.98 bits per heavy atom. The smallest absolute Gasteiger partial charge is 0.419 e. The minimum Gasteiger partial charge on any atom is -0.419 e. The number of nitrogens with zero attached hydrogens (tertiary/aromatic N) is 3. The third-order valence-electron chi connectivity index (χ3n) is 6.01. The first-order chi connectivity index (χ1) is 20.6. The SMILES string of the molecule is C=[C-]/C=C\N=C(CC)C(=[C-]C)C(=N/C=C\C)C1CC1.CC.[CH2-]C.[CH2-]c1ccc(C(=N/C(=C\C)C(F)(F)F)C(C)CC)cc1.[U+2].[U+2]. The largest absolute Gasteiger partial charge is 2.00 e. The molecule has 0 heterocycles. The predicted octanol–water partition coefficient (Wildman–Crippen LogP) is 11.5. The van der Waals surface area contributed by atoms with Crippen molar-refractivity contribution < 1.29 is 75.4 Å². The van der Waals surface area contributed by atoms with Crippen molar-refractivity contribution in [1.82, 2.24) is 0 Å². The van der Waals surface area contributed by atoms with Crippen molar-refractivity contribution in [2.45, 2.75) is 94.2 Å². The molecule has 0 bridgehead atoms. The zero-order valence-electron chi connectivity index (χ0n) is 28.8. The van der Waals surface area contributed by atoms with Crippen molar-refractivity contribution >= 4 is 17.1 Å². The molecule has 1 aliphatic carbocycles. The van der Waals surface area contributed by atoms with E-state index in [4.69, 9.17) is 0 Å². The molecule has 0 spiro atoms. The molecule has 3 nitrogen and oxygen atoms in total. The van der Waals surface area contributed by atoms with Crippen LogP contribution in [0.15, 0.2) is 87.7 Å². The summed E-state index contributed by atoms with van der Waals surface area (Å²) in [4.78, 5) is 12.9. The first-order valence-electron chi connectivity index (χ1n) is 15.0. The molecule has 1 aromatic rings. The van der Waals surface area contributed by atoms with E-state index < -0.39 is 11.9 Å². The summed E-state index contributed by atoms with van der Waals surface area (Å²) in [5, 5.41) is 0. The van der Waals surface area contributed by atoms with Gasteiger partial charge in [-0.1, -0.05) is 84.4 Å². The molecule has 0 saturated heterocycles. The molecule has 1 saturated carbocycles. The molecular weight excluding hydrogens is 1020 g/mol. The second-order valence-corrected chi connectivity index (χ2v) is 9.02. The Bertz CT molecular complexity index is 1140. The molecule has 0 radical (unpaired) electrons. The van der Waals surface area contributed by atoms with Crippen molar-refractivity contribution in [3.8, 4) is 0 Å². The van der Waals surface area contributed by atoms with Crippen LogP contribution in [0.5, 0.6) is 0 Å². The van der Waals surface area contributed by atoms with E-state index in [-0.39, 0.29) is 68.1 Å². The topological polar surface area (TPSA) is 37.1 Å². The molecule has 1 aromatic carbocycles. The van der Waals surface area contributed by atoms with Crippen LogP contribution in [0.4, 0.5) is 13.2 Å². The van der Waals surface area contributed by atoms with Gasteiger partial charge in [-0.15, -0.1) is 18.3 Å². The van der Waals surface area contributed by atoms with Gasteiger partial charge in [0.05, 0.1) is 0 Å². The van der Waals surface area contributed by atoms with Crippen molar-refractivity contribution in [2.24, 2.45) is 26.8 Å². The van der Waals surface area contributed by atoms with Crippen LogP contribution in [-0.4, -0.2) is 23.3 Å². The van der Waals surface area contributed by atoms with Crippen molar-refractivity contribution in [2.75, 3.05) is 0 Å². The van der Waals surface area contributed by atoms with Crippen molar-refractivity contribution in [3.05, 3.63) is 110 Å². The van der Waals surface area contributed by atoms with Gasteiger partial charge in [-0.2, -0.15) is 56.9 Å². The fourth-order valence-corrected chi connectivity index (χ4v) is 3.57. The standard InChI is InChI=1S/C17H22N2.C16H19F3N.C2H6.C2H5.2U/c1-5-9-13-18-16(8-4)15(7-3)17(14-10-11-14)19-12-6-2;1-5-12(4)15(13-9-7-11(3)8-10-13)20-14(6-2)16(17,18)19;2*1-2;;/h6,9,12-14H,1,8,10-11H2,2-4H3;6-10,12H,3,5H2,1-2,4H3;1-2H3;1H2,2H3;;/q-2;-1;;-1;2*+2/b12-6-,13-9-,18-16?,19-17?;14-6-,20-15?;;;;. The van der Waals surface area contributed by atoms with Gasteiger partial charge >= 0.3 is 68.4 Å². The zero-order valence-corrected chi connectivity index (χ0v) is 37.1. The average Bonchev–Trinajstić information content (AvgIpc) is 3.86. The van der Waals surface area contributed by atoms with E-state index in [9.17, 15) is 13.2 Å². The van der Waals surface area contributed by atoms with E-state index in [1.807, 2.05) is 53.8 Å². The maximum atomic E-state index is 12.8. The number of alkyl halides is 3. The summed E-state index contributed by atoms with van der Waals surface area (Å²) >= 11 is 0. The molecule has 45 heavy (non-hydrogen) atoms. The van der Waals surface area contributed by atoms with Crippen LogP contribution >= 0.6 is 0 Å². The molecule has 8 heteroatoms. The fraction of sp³-hybridized carbons (Fsp3) is 0.432. The molecule has 1 fully saturated rings. The van der Waals surface area contributed by atoms with E-state index >= 15 is 0 Å². The van der Waals surface area contributed by atoms with E-state index in [0.29, 0.717) is 17.2 Å². The number of hydrogen-bond acceptors (Lipinski definition) is 3. The van der Waals surface area contributed by atoms with Crippen LogP contribution in [0.25, 0.3) is 0 Å². The summed E-state index contributed by atoms with van der Waals surface area (Å²) in [6.07, 6.45) is 13.8. The molecule has 1 aliphatic rings. The Morgan fingerprint density at radius 1 is 1.04 bits per heavy atom. The molecule has 1 atom stereocenters. The van der Waals surface area contributed by atoms with Crippen LogP contribution < -0.4 is 0 Å². The number of benzene rings is 1. The van der Waals surface area contributed by atoms with Crippen LogP contribution in [-0.2, 0) is 0 Å². The monoisotopic (exact) mass is 1070 g/mol. The van der Waals surface area contributed by atoms with Gasteiger partial charge in [-0.05, 0) is 37.7 Å². The fourth-order valence-electron chi connectivity index (χ4n) is 3.57. The van der Waals surface area contributed by atoms with E-state index in [1.165, 1.54) is 19.8 Å². The summed E-state index contributed by atoms with van der Waals surface area (Å²) in [7, 11) is 0. The predicted molar refractivity (Wildman–Crippen MR) is 182 cm³/mol. The molecule has 2 rings (SSSR count). The summed E-state index contributed by atoms with van der Waals surface area (Å²) in [6.45, 7) is 27.5. The van der Waals surface area contributed by atoms with E-state index in [1.54, 1.807) is 43.5 Å². The normalized spacial score (nSPS) is 14.9. The zero-order chi connectivity index (χ0) is 33.4. The first kappa shape index (κ1) is 50.5. The van der Waals surface area contributed by atoms with Gasteiger partial charge in [0.2, 0.25) is 0 Å². The Morgan fingerprint density at radius 2 is 1.60 bits per heavy atom. The first-order valence-corrected chi connectivity index (χ1v) is 15.0. The van der Waals surface area contributed by atoms with Gasteiger partial charge in [0.25, 0.3) is 0 Å². The number of rotatable bonds is 11. The minimum atomic E-state index is -4.43. The molecular formula is C37H52F3N3U2. The Kier molecular flexibility index (Phi) is 33.8. The summed E-state index contributed by atoms with van der Waals surface area (Å²) in [5.74, 6) is 0.522. The number of halogens is 3. The summed E-state index contributed by atoms with van der Waals surface area (Å²) in [5.41, 5.74) is 4.32. The van der Waals surface area contributed by atoms with Crippen molar-refractivity contribution in [3.63, 3.8) is 0 Å². The Labute approximate surface area is 320 Å². The van der Waals surface area contributed by atoms with Crippen LogP contribution in [0.1, 0.15) is 99.1 Å². The maximum Gasteiger partial charge on any atom is 2.00 e. The molecule has 0 aliphatic heterocycles. The number of aliphatic imine (C=N–C) groups is 3. The number of allylic oxidation sites excluding steroid dienone is 7. The maximum absolute atomic E-state index is 12.8. The molecule has 244 valence electrons. The molecule has 0 aromatic heterocycles. The molecule has 1 unspecified atom stereocenters.